The van der Waals surface area contributed by atoms with Crippen LogP contribution in [0.3, 0.4) is 0 Å². The van der Waals surface area contributed by atoms with Gasteiger partial charge in [0.1, 0.15) is 0 Å². The Balaban J connectivity index is 1.84. The lowest BCUT2D eigenvalue weighted by Gasteiger charge is -2.08. The number of hydrogen-bond acceptors (Lipinski definition) is 3. The van der Waals surface area contributed by atoms with Crippen molar-refractivity contribution < 1.29 is 9.90 Å². The fourth-order valence-electron chi connectivity index (χ4n) is 1.94. The third kappa shape index (κ3) is 6.02. The van der Waals surface area contributed by atoms with Gasteiger partial charge >= 0.3 is 0 Å². The SMILES string of the molecule is O=C(/C=C\c1ccccc1)NC(=S)Nc1ccc(CCO)cc1. The van der Waals surface area contributed by atoms with E-state index in [1.807, 2.05) is 54.6 Å². The number of benzene rings is 2. The molecule has 0 saturated heterocycles. The predicted molar refractivity (Wildman–Crippen MR) is 97.1 cm³/mol. The summed E-state index contributed by atoms with van der Waals surface area (Å²) in [4.78, 5) is 11.8. The van der Waals surface area contributed by atoms with Crippen LogP contribution in [0.5, 0.6) is 0 Å². The Bertz CT molecular complexity index is 682. The fourth-order valence-corrected chi connectivity index (χ4v) is 2.15. The number of carbonyl (C=O) groups excluding carboxylic acids is 1. The van der Waals surface area contributed by atoms with Crippen molar-refractivity contribution in [2.24, 2.45) is 0 Å². The molecule has 118 valence electrons. The number of rotatable bonds is 5. The van der Waals surface area contributed by atoms with Crippen molar-refractivity contribution in [2.45, 2.75) is 6.42 Å². The molecule has 0 saturated carbocycles. The van der Waals surface area contributed by atoms with E-state index in [9.17, 15) is 4.79 Å². The summed E-state index contributed by atoms with van der Waals surface area (Å²) in [5.41, 5.74) is 2.77. The molecule has 0 heterocycles. The zero-order valence-electron chi connectivity index (χ0n) is 12.5. The van der Waals surface area contributed by atoms with Gasteiger partial charge in [-0.25, -0.2) is 0 Å². The van der Waals surface area contributed by atoms with Gasteiger partial charge in [-0.3, -0.25) is 10.1 Å². The highest BCUT2D eigenvalue weighted by Gasteiger charge is 2.02. The topological polar surface area (TPSA) is 61.4 Å². The first-order valence-electron chi connectivity index (χ1n) is 7.22. The van der Waals surface area contributed by atoms with Crippen molar-refractivity contribution in [3.05, 3.63) is 71.8 Å². The molecule has 0 aliphatic carbocycles. The maximum absolute atomic E-state index is 11.8. The van der Waals surface area contributed by atoms with Crippen molar-refractivity contribution in [3.63, 3.8) is 0 Å². The first kappa shape index (κ1) is 16.9. The highest BCUT2D eigenvalue weighted by Crippen LogP contribution is 2.09. The number of aliphatic hydroxyl groups excluding tert-OH is 1. The summed E-state index contributed by atoms with van der Waals surface area (Å²) in [6.07, 6.45) is 3.78. The van der Waals surface area contributed by atoms with E-state index in [0.29, 0.717) is 6.42 Å². The molecule has 0 aliphatic rings. The van der Waals surface area contributed by atoms with Gasteiger partial charge < -0.3 is 10.4 Å². The van der Waals surface area contributed by atoms with Crippen molar-refractivity contribution in [1.82, 2.24) is 5.32 Å². The minimum Gasteiger partial charge on any atom is -0.396 e. The fraction of sp³-hybridized carbons (Fsp3) is 0.111. The van der Waals surface area contributed by atoms with Crippen molar-refractivity contribution >= 4 is 35.0 Å². The molecule has 0 radical (unpaired) electrons. The molecule has 2 aromatic carbocycles. The summed E-state index contributed by atoms with van der Waals surface area (Å²) in [5, 5.41) is 14.7. The van der Waals surface area contributed by atoms with E-state index in [2.05, 4.69) is 10.6 Å². The largest absolute Gasteiger partial charge is 0.396 e. The first-order valence-corrected chi connectivity index (χ1v) is 7.63. The summed E-state index contributed by atoms with van der Waals surface area (Å²) >= 11 is 5.11. The third-order valence-corrected chi connectivity index (χ3v) is 3.28. The van der Waals surface area contributed by atoms with Crippen LogP contribution in [0.2, 0.25) is 0 Å². The van der Waals surface area contributed by atoms with Gasteiger partial charge in [0.2, 0.25) is 5.91 Å². The second-order valence-electron chi connectivity index (χ2n) is 4.86. The van der Waals surface area contributed by atoms with Crippen LogP contribution >= 0.6 is 12.2 Å². The zero-order chi connectivity index (χ0) is 16.5. The van der Waals surface area contributed by atoms with Gasteiger partial charge in [-0.2, -0.15) is 0 Å². The lowest BCUT2D eigenvalue weighted by molar-refractivity contribution is -0.115. The van der Waals surface area contributed by atoms with Gasteiger partial charge in [-0.05, 0) is 48.0 Å². The molecular weight excluding hydrogens is 308 g/mol. The van der Waals surface area contributed by atoms with E-state index < -0.39 is 0 Å². The van der Waals surface area contributed by atoms with E-state index in [0.717, 1.165) is 16.8 Å². The van der Waals surface area contributed by atoms with Gasteiger partial charge in [-0.1, -0.05) is 42.5 Å². The second kappa shape index (κ2) is 8.82. The Labute approximate surface area is 140 Å². The Morgan fingerprint density at radius 2 is 1.78 bits per heavy atom. The summed E-state index contributed by atoms with van der Waals surface area (Å²) in [7, 11) is 0. The highest BCUT2D eigenvalue weighted by molar-refractivity contribution is 7.80. The lowest BCUT2D eigenvalue weighted by atomic mass is 10.1. The average Bonchev–Trinajstić information content (AvgIpc) is 2.56. The van der Waals surface area contributed by atoms with Crippen LogP contribution in [0.1, 0.15) is 11.1 Å². The Morgan fingerprint density at radius 3 is 2.43 bits per heavy atom. The molecule has 0 aromatic heterocycles. The van der Waals surface area contributed by atoms with Crippen LogP contribution in [0.4, 0.5) is 5.69 Å². The first-order chi connectivity index (χ1) is 11.2. The van der Waals surface area contributed by atoms with Crippen molar-refractivity contribution in [3.8, 4) is 0 Å². The number of aliphatic hydroxyl groups is 1. The molecule has 0 fully saturated rings. The maximum atomic E-state index is 11.8. The standard InChI is InChI=1S/C18H18N2O2S/c21-13-12-15-6-9-16(10-7-15)19-18(23)20-17(22)11-8-14-4-2-1-3-5-14/h1-11,21H,12-13H2,(H2,19,20,22,23)/b11-8-. The van der Waals surface area contributed by atoms with Gasteiger partial charge in [0, 0.05) is 18.4 Å². The van der Waals surface area contributed by atoms with Crippen molar-refractivity contribution in [1.29, 1.82) is 0 Å². The molecule has 2 aromatic rings. The monoisotopic (exact) mass is 326 g/mol. The van der Waals surface area contributed by atoms with Gasteiger partial charge in [0.25, 0.3) is 0 Å². The third-order valence-electron chi connectivity index (χ3n) is 3.08. The van der Waals surface area contributed by atoms with E-state index in [1.54, 1.807) is 6.08 Å². The Hall–Kier alpha value is -2.50. The molecule has 0 spiro atoms. The highest BCUT2D eigenvalue weighted by atomic mass is 32.1. The molecule has 0 atom stereocenters. The van der Waals surface area contributed by atoms with Crippen molar-refractivity contribution in [2.75, 3.05) is 11.9 Å². The molecule has 0 bridgehead atoms. The molecule has 4 nitrogen and oxygen atoms in total. The minimum absolute atomic E-state index is 0.120. The number of amides is 1. The zero-order valence-corrected chi connectivity index (χ0v) is 13.3. The second-order valence-corrected chi connectivity index (χ2v) is 5.27. The van der Waals surface area contributed by atoms with E-state index in [1.165, 1.54) is 6.08 Å². The molecule has 3 N–H and O–H groups in total. The van der Waals surface area contributed by atoms with E-state index in [4.69, 9.17) is 17.3 Å². The molecule has 23 heavy (non-hydrogen) atoms. The van der Waals surface area contributed by atoms with E-state index in [-0.39, 0.29) is 17.6 Å². The summed E-state index contributed by atoms with van der Waals surface area (Å²) in [6, 6.07) is 17.1. The lowest BCUT2D eigenvalue weighted by Crippen LogP contribution is -2.32. The molecular formula is C18H18N2O2S. The van der Waals surface area contributed by atoms with Gasteiger partial charge in [0.15, 0.2) is 5.11 Å². The van der Waals surface area contributed by atoms with Crippen LogP contribution < -0.4 is 10.6 Å². The Kier molecular flexibility index (Phi) is 6.47. The van der Waals surface area contributed by atoms with Crippen LogP contribution in [0.25, 0.3) is 6.08 Å². The number of carbonyl (C=O) groups is 1. The number of thiocarbonyl (C=S) groups is 1. The summed E-state index contributed by atoms with van der Waals surface area (Å²) < 4.78 is 0. The molecule has 5 heteroatoms. The molecule has 0 aliphatic heterocycles. The van der Waals surface area contributed by atoms with Crippen LogP contribution in [-0.4, -0.2) is 22.7 Å². The molecule has 1 amide bonds. The molecule has 2 rings (SSSR count). The normalized spacial score (nSPS) is 10.5. The number of hydrogen-bond donors (Lipinski definition) is 3. The van der Waals surface area contributed by atoms with E-state index >= 15 is 0 Å². The number of nitrogens with one attached hydrogen (secondary N) is 2. The van der Waals surface area contributed by atoms with Gasteiger partial charge in [0.05, 0.1) is 0 Å². The number of anilines is 1. The molecule has 0 unspecified atom stereocenters. The average molecular weight is 326 g/mol. The Morgan fingerprint density at radius 1 is 1.09 bits per heavy atom. The van der Waals surface area contributed by atoms with Crippen LogP contribution in [0, 0.1) is 0 Å². The minimum atomic E-state index is -0.289. The van der Waals surface area contributed by atoms with Crippen LogP contribution in [0.15, 0.2) is 60.7 Å². The maximum Gasteiger partial charge on any atom is 0.250 e. The summed E-state index contributed by atoms with van der Waals surface area (Å²) in [5.74, 6) is -0.289. The van der Waals surface area contributed by atoms with Crippen LogP contribution in [-0.2, 0) is 11.2 Å². The quantitative estimate of drug-likeness (QED) is 0.584. The summed E-state index contributed by atoms with van der Waals surface area (Å²) in [6.45, 7) is 0.120. The predicted octanol–water partition coefficient (Wildman–Crippen LogP) is 2.75. The van der Waals surface area contributed by atoms with Gasteiger partial charge in [-0.15, -0.1) is 0 Å². The smallest absolute Gasteiger partial charge is 0.250 e.